The summed E-state index contributed by atoms with van der Waals surface area (Å²) in [6.45, 7) is 2.05. The van der Waals surface area contributed by atoms with Crippen molar-refractivity contribution >= 4 is 15.9 Å². The van der Waals surface area contributed by atoms with Crippen LogP contribution in [0.15, 0.2) is 29.0 Å². The summed E-state index contributed by atoms with van der Waals surface area (Å²) in [5, 5.41) is 7.67. The molecule has 0 unspecified atom stereocenters. The van der Waals surface area contributed by atoms with Gasteiger partial charge in [-0.2, -0.15) is 0 Å². The van der Waals surface area contributed by atoms with E-state index < -0.39 is 0 Å². The zero-order valence-electron chi connectivity index (χ0n) is 7.08. The summed E-state index contributed by atoms with van der Waals surface area (Å²) in [4.78, 5) is 2.96. The highest BCUT2D eigenvalue weighted by Crippen LogP contribution is 2.21. The molecule has 0 saturated heterocycles. The van der Waals surface area contributed by atoms with Crippen molar-refractivity contribution in [2.75, 3.05) is 0 Å². The van der Waals surface area contributed by atoms with Crippen molar-refractivity contribution in [3.63, 3.8) is 0 Å². The number of aromatic nitrogens is 3. The molecule has 0 aliphatic heterocycles. The van der Waals surface area contributed by atoms with Crippen molar-refractivity contribution in [3.8, 4) is 11.4 Å². The molecule has 1 aromatic carbocycles. The molecule has 13 heavy (non-hydrogen) atoms. The predicted octanol–water partition coefficient (Wildman–Crippen LogP) is 2.54. The fourth-order valence-corrected chi connectivity index (χ4v) is 1.39. The fourth-order valence-electron chi connectivity index (χ4n) is 1.14. The van der Waals surface area contributed by atoms with Gasteiger partial charge < -0.3 is 4.98 Å². The van der Waals surface area contributed by atoms with E-state index in [1.807, 2.05) is 19.1 Å². The number of halogens is 1. The number of H-pyrrole nitrogens is 1. The van der Waals surface area contributed by atoms with Crippen LogP contribution in [0.5, 0.6) is 0 Å². The van der Waals surface area contributed by atoms with Gasteiger partial charge in [-0.1, -0.05) is 22.0 Å². The molecule has 3 nitrogen and oxygen atoms in total. The molecule has 1 aromatic heterocycles. The minimum absolute atomic E-state index is 0.801. The van der Waals surface area contributed by atoms with Gasteiger partial charge in [0.05, 0.1) is 0 Å². The lowest BCUT2D eigenvalue weighted by Crippen LogP contribution is -1.83. The van der Waals surface area contributed by atoms with Gasteiger partial charge in [-0.15, -0.1) is 10.2 Å². The zero-order chi connectivity index (χ0) is 9.26. The smallest absolute Gasteiger partial charge is 0.161 e. The molecule has 66 valence electrons. The van der Waals surface area contributed by atoms with Gasteiger partial charge in [-0.05, 0) is 24.6 Å². The van der Waals surface area contributed by atoms with Gasteiger partial charge in [-0.25, -0.2) is 0 Å². The summed E-state index contributed by atoms with van der Waals surface area (Å²) in [5.41, 5.74) is 2.24. The third-order valence-electron chi connectivity index (χ3n) is 1.85. The van der Waals surface area contributed by atoms with Crippen LogP contribution >= 0.6 is 15.9 Å². The maximum absolute atomic E-state index is 3.94. The van der Waals surface area contributed by atoms with E-state index in [1.165, 1.54) is 5.56 Å². The third-order valence-corrected chi connectivity index (χ3v) is 2.74. The second-order valence-corrected chi connectivity index (χ2v) is 3.66. The lowest BCUT2D eigenvalue weighted by molar-refractivity contribution is 1.09. The van der Waals surface area contributed by atoms with E-state index in [2.05, 4.69) is 37.2 Å². The lowest BCUT2D eigenvalue weighted by Gasteiger charge is -2.00. The van der Waals surface area contributed by atoms with Crippen molar-refractivity contribution in [1.82, 2.24) is 15.2 Å². The molecule has 4 heteroatoms. The van der Waals surface area contributed by atoms with Crippen molar-refractivity contribution in [1.29, 1.82) is 0 Å². The molecule has 0 aliphatic carbocycles. The molecule has 0 atom stereocenters. The fraction of sp³-hybridized carbons (Fsp3) is 0.111. The lowest BCUT2D eigenvalue weighted by atomic mass is 10.1. The average Bonchev–Trinajstić information content (AvgIpc) is 2.62. The van der Waals surface area contributed by atoms with Crippen molar-refractivity contribution < 1.29 is 0 Å². The molecule has 0 bridgehead atoms. The first-order valence-electron chi connectivity index (χ1n) is 3.90. The number of benzene rings is 1. The summed E-state index contributed by atoms with van der Waals surface area (Å²) in [5.74, 6) is 0.801. The first-order valence-corrected chi connectivity index (χ1v) is 4.69. The molecule has 0 radical (unpaired) electrons. The van der Waals surface area contributed by atoms with Crippen LogP contribution in [0.1, 0.15) is 5.56 Å². The SMILES string of the molecule is Cc1cc(-c2nnc[nH]2)ccc1Br. The molecule has 0 aliphatic rings. The maximum atomic E-state index is 3.94. The largest absolute Gasteiger partial charge is 0.328 e. The maximum Gasteiger partial charge on any atom is 0.161 e. The Hall–Kier alpha value is -1.16. The van der Waals surface area contributed by atoms with Gasteiger partial charge >= 0.3 is 0 Å². The van der Waals surface area contributed by atoms with E-state index in [0.717, 1.165) is 15.9 Å². The van der Waals surface area contributed by atoms with E-state index in [4.69, 9.17) is 0 Å². The Morgan fingerprint density at radius 1 is 1.38 bits per heavy atom. The number of rotatable bonds is 1. The molecule has 0 saturated carbocycles. The van der Waals surface area contributed by atoms with Crippen LogP contribution in [-0.4, -0.2) is 15.2 Å². The van der Waals surface area contributed by atoms with Crippen molar-refractivity contribution in [2.24, 2.45) is 0 Å². The van der Waals surface area contributed by atoms with Crippen LogP contribution in [0.25, 0.3) is 11.4 Å². The van der Waals surface area contributed by atoms with Gasteiger partial charge in [0.15, 0.2) is 5.82 Å². The highest BCUT2D eigenvalue weighted by molar-refractivity contribution is 9.10. The van der Waals surface area contributed by atoms with E-state index >= 15 is 0 Å². The summed E-state index contributed by atoms with van der Waals surface area (Å²) < 4.78 is 1.11. The number of hydrogen-bond acceptors (Lipinski definition) is 2. The Kier molecular flexibility index (Phi) is 2.14. The van der Waals surface area contributed by atoms with Crippen molar-refractivity contribution in [2.45, 2.75) is 6.92 Å². The van der Waals surface area contributed by atoms with E-state index in [-0.39, 0.29) is 0 Å². The number of nitrogens with zero attached hydrogens (tertiary/aromatic N) is 2. The Balaban J connectivity index is 2.49. The van der Waals surface area contributed by atoms with Crippen LogP contribution in [0.4, 0.5) is 0 Å². The normalized spacial score (nSPS) is 10.3. The summed E-state index contributed by atoms with van der Waals surface area (Å²) in [6.07, 6.45) is 1.58. The highest BCUT2D eigenvalue weighted by Gasteiger charge is 2.01. The topological polar surface area (TPSA) is 41.6 Å². The second-order valence-electron chi connectivity index (χ2n) is 2.80. The molecular weight excluding hydrogens is 230 g/mol. The summed E-state index contributed by atoms with van der Waals surface area (Å²) in [7, 11) is 0. The third kappa shape index (κ3) is 1.62. The van der Waals surface area contributed by atoms with Gasteiger partial charge in [0.25, 0.3) is 0 Å². The molecule has 1 N–H and O–H groups in total. The predicted molar refractivity (Wildman–Crippen MR) is 54.3 cm³/mol. The van der Waals surface area contributed by atoms with Crippen LogP contribution in [-0.2, 0) is 0 Å². The standard InChI is InChI=1S/C9H8BrN3/c1-6-4-7(2-3-8(6)10)9-11-5-12-13-9/h2-5H,1H3,(H,11,12,13). The van der Waals surface area contributed by atoms with Crippen LogP contribution in [0.3, 0.4) is 0 Å². The Bertz CT molecular complexity index is 409. The van der Waals surface area contributed by atoms with E-state index in [9.17, 15) is 0 Å². The van der Waals surface area contributed by atoms with Crippen LogP contribution in [0.2, 0.25) is 0 Å². The molecule has 0 fully saturated rings. The monoisotopic (exact) mass is 237 g/mol. The molecule has 0 amide bonds. The minimum atomic E-state index is 0.801. The molecule has 1 heterocycles. The molecule has 2 aromatic rings. The Morgan fingerprint density at radius 2 is 2.23 bits per heavy atom. The molecule has 0 spiro atoms. The Labute approximate surface area is 84.3 Å². The Morgan fingerprint density at radius 3 is 2.85 bits per heavy atom. The molecule has 2 rings (SSSR count). The van der Waals surface area contributed by atoms with E-state index in [1.54, 1.807) is 6.33 Å². The van der Waals surface area contributed by atoms with Crippen LogP contribution < -0.4 is 0 Å². The van der Waals surface area contributed by atoms with Gasteiger partial charge in [0.1, 0.15) is 6.33 Å². The number of aromatic amines is 1. The summed E-state index contributed by atoms with van der Waals surface area (Å²) in [6, 6.07) is 6.06. The first kappa shape index (κ1) is 8.44. The summed E-state index contributed by atoms with van der Waals surface area (Å²) >= 11 is 3.45. The quantitative estimate of drug-likeness (QED) is 0.829. The van der Waals surface area contributed by atoms with Gasteiger partial charge in [0.2, 0.25) is 0 Å². The first-order chi connectivity index (χ1) is 6.27. The number of hydrogen-bond donors (Lipinski definition) is 1. The van der Waals surface area contributed by atoms with E-state index in [0.29, 0.717) is 0 Å². The number of nitrogens with one attached hydrogen (secondary N) is 1. The zero-order valence-corrected chi connectivity index (χ0v) is 8.67. The van der Waals surface area contributed by atoms with Gasteiger partial charge in [0, 0.05) is 10.0 Å². The average molecular weight is 238 g/mol. The van der Waals surface area contributed by atoms with Crippen LogP contribution in [0, 0.1) is 6.92 Å². The number of aryl methyl sites for hydroxylation is 1. The molecular formula is C9H8BrN3. The van der Waals surface area contributed by atoms with Crippen molar-refractivity contribution in [3.05, 3.63) is 34.6 Å². The second kappa shape index (κ2) is 3.30. The van der Waals surface area contributed by atoms with Gasteiger partial charge in [-0.3, -0.25) is 0 Å². The highest BCUT2D eigenvalue weighted by atomic mass is 79.9. The minimum Gasteiger partial charge on any atom is -0.328 e.